The van der Waals surface area contributed by atoms with Gasteiger partial charge in [-0.3, -0.25) is 5.41 Å². The van der Waals surface area contributed by atoms with Crippen molar-refractivity contribution < 1.29 is 4.74 Å². The summed E-state index contributed by atoms with van der Waals surface area (Å²) in [5, 5.41) is 8.72. The van der Waals surface area contributed by atoms with E-state index in [4.69, 9.17) is 10.1 Å². The van der Waals surface area contributed by atoms with Gasteiger partial charge in [0.05, 0.1) is 12.2 Å². The molecule has 80 valence electrons. The molecule has 2 aromatic rings. The molecule has 0 saturated carbocycles. The standard InChI is InChI=1S/C11H12N2O.ClH/c1-2-14-11(12)9-7-13-10-6-4-3-5-8(9)10;/h3-7,12-13H,2H2,1H3;1H. The van der Waals surface area contributed by atoms with Gasteiger partial charge in [0.2, 0.25) is 5.90 Å². The number of fused-ring (bicyclic) bond motifs is 1. The van der Waals surface area contributed by atoms with E-state index in [1.807, 2.05) is 37.4 Å². The van der Waals surface area contributed by atoms with Crippen LogP contribution in [0.25, 0.3) is 10.9 Å². The molecule has 1 aromatic heterocycles. The van der Waals surface area contributed by atoms with Crippen molar-refractivity contribution in [2.75, 3.05) is 6.61 Å². The van der Waals surface area contributed by atoms with Crippen molar-refractivity contribution in [2.24, 2.45) is 0 Å². The maximum Gasteiger partial charge on any atom is 0.215 e. The van der Waals surface area contributed by atoms with Gasteiger partial charge in [0.25, 0.3) is 0 Å². The van der Waals surface area contributed by atoms with Gasteiger partial charge < -0.3 is 9.72 Å². The molecule has 2 rings (SSSR count). The van der Waals surface area contributed by atoms with Crippen LogP contribution in [0.5, 0.6) is 0 Å². The van der Waals surface area contributed by atoms with E-state index in [-0.39, 0.29) is 18.3 Å². The molecule has 0 unspecified atom stereocenters. The summed E-state index contributed by atoms with van der Waals surface area (Å²) in [5.41, 5.74) is 1.86. The number of nitrogens with one attached hydrogen (secondary N) is 2. The number of para-hydroxylation sites is 1. The van der Waals surface area contributed by atoms with Crippen LogP contribution in [0.15, 0.2) is 30.5 Å². The number of rotatable bonds is 2. The van der Waals surface area contributed by atoms with Gasteiger partial charge in [0, 0.05) is 17.1 Å². The minimum absolute atomic E-state index is 0. The molecule has 4 heteroatoms. The second kappa shape index (κ2) is 4.84. The zero-order valence-electron chi connectivity index (χ0n) is 8.41. The SMILES string of the molecule is CCOC(=N)c1c[nH]c2ccccc12.Cl. The quantitative estimate of drug-likeness (QED) is 0.598. The summed E-state index contributed by atoms with van der Waals surface area (Å²) in [4.78, 5) is 3.11. The van der Waals surface area contributed by atoms with E-state index in [1.54, 1.807) is 0 Å². The molecule has 0 fully saturated rings. The highest BCUT2D eigenvalue weighted by Crippen LogP contribution is 2.18. The lowest BCUT2D eigenvalue weighted by Crippen LogP contribution is -2.03. The molecule has 0 aliphatic carbocycles. The van der Waals surface area contributed by atoms with Crippen LogP contribution in [-0.2, 0) is 4.74 Å². The highest BCUT2D eigenvalue weighted by atomic mass is 35.5. The molecular weight excluding hydrogens is 212 g/mol. The number of halogens is 1. The first-order valence-corrected chi connectivity index (χ1v) is 4.60. The smallest absolute Gasteiger partial charge is 0.215 e. The molecule has 0 amide bonds. The first-order chi connectivity index (χ1) is 6.83. The Balaban J connectivity index is 0.00000112. The number of ether oxygens (including phenoxy) is 1. The molecule has 1 heterocycles. The maximum atomic E-state index is 7.69. The summed E-state index contributed by atoms with van der Waals surface area (Å²) in [6.07, 6.45) is 1.81. The van der Waals surface area contributed by atoms with Gasteiger partial charge in [-0.15, -0.1) is 12.4 Å². The lowest BCUT2D eigenvalue weighted by atomic mass is 10.2. The van der Waals surface area contributed by atoms with Crippen LogP contribution in [0, 0.1) is 5.41 Å². The topological polar surface area (TPSA) is 48.9 Å². The molecule has 15 heavy (non-hydrogen) atoms. The fraction of sp³-hybridized carbons (Fsp3) is 0.182. The van der Waals surface area contributed by atoms with E-state index in [2.05, 4.69) is 4.98 Å². The summed E-state index contributed by atoms with van der Waals surface area (Å²) < 4.78 is 5.16. The molecule has 2 N–H and O–H groups in total. The third kappa shape index (κ3) is 2.13. The van der Waals surface area contributed by atoms with Crippen LogP contribution in [0.3, 0.4) is 0 Å². The second-order valence-electron chi connectivity index (χ2n) is 3.01. The van der Waals surface area contributed by atoms with E-state index >= 15 is 0 Å². The van der Waals surface area contributed by atoms with Gasteiger partial charge in [-0.1, -0.05) is 18.2 Å². The number of benzene rings is 1. The fourth-order valence-electron chi connectivity index (χ4n) is 1.48. The summed E-state index contributed by atoms with van der Waals surface area (Å²) >= 11 is 0. The van der Waals surface area contributed by atoms with Crippen molar-refractivity contribution in [3.05, 3.63) is 36.0 Å². The number of aromatic nitrogens is 1. The first-order valence-electron chi connectivity index (χ1n) is 4.60. The van der Waals surface area contributed by atoms with Crippen molar-refractivity contribution in [1.29, 1.82) is 5.41 Å². The molecule has 3 nitrogen and oxygen atoms in total. The second-order valence-corrected chi connectivity index (χ2v) is 3.01. The minimum atomic E-state index is 0. The first kappa shape index (κ1) is 11.6. The largest absolute Gasteiger partial charge is 0.478 e. The Morgan fingerprint density at radius 2 is 2.13 bits per heavy atom. The normalized spacial score (nSPS) is 9.67. The minimum Gasteiger partial charge on any atom is -0.478 e. The lowest BCUT2D eigenvalue weighted by molar-refractivity contribution is 0.326. The van der Waals surface area contributed by atoms with Crippen LogP contribution in [-0.4, -0.2) is 17.5 Å². The van der Waals surface area contributed by atoms with Gasteiger partial charge in [-0.25, -0.2) is 0 Å². The molecule has 0 atom stereocenters. The highest BCUT2D eigenvalue weighted by molar-refractivity contribution is 6.05. The predicted molar refractivity (Wildman–Crippen MR) is 64.0 cm³/mol. The van der Waals surface area contributed by atoms with Gasteiger partial charge in [0.1, 0.15) is 0 Å². The van der Waals surface area contributed by atoms with Gasteiger partial charge >= 0.3 is 0 Å². The Morgan fingerprint density at radius 1 is 1.40 bits per heavy atom. The van der Waals surface area contributed by atoms with E-state index in [9.17, 15) is 0 Å². The monoisotopic (exact) mass is 224 g/mol. The summed E-state index contributed by atoms with van der Waals surface area (Å²) in [7, 11) is 0. The number of H-pyrrole nitrogens is 1. The van der Waals surface area contributed by atoms with Gasteiger partial charge in [-0.2, -0.15) is 0 Å². The molecular formula is C11H13ClN2O. The highest BCUT2D eigenvalue weighted by Gasteiger charge is 2.07. The van der Waals surface area contributed by atoms with Gasteiger partial charge in [0.15, 0.2) is 0 Å². The molecule has 0 spiro atoms. The van der Waals surface area contributed by atoms with Crippen LogP contribution >= 0.6 is 12.4 Å². The lowest BCUT2D eigenvalue weighted by Gasteiger charge is -2.02. The predicted octanol–water partition coefficient (Wildman–Crippen LogP) is 2.95. The number of aromatic amines is 1. The third-order valence-electron chi connectivity index (χ3n) is 2.12. The van der Waals surface area contributed by atoms with Crippen LogP contribution in [0.2, 0.25) is 0 Å². The van der Waals surface area contributed by atoms with Crippen LogP contribution in [0.4, 0.5) is 0 Å². The zero-order valence-corrected chi connectivity index (χ0v) is 9.23. The van der Waals surface area contributed by atoms with Crippen molar-refractivity contribution in [3.63, 3.8) is 0 Å². The number of hydrogen-bond acceptors (Lipinski definition) is 2. The molecule has 0 aliphatic heterocycles. The van der Waals surface area contributed by atoms with Crippen LogP contribution < -0.4 is 0 Å². The van der Waals surface area contributed by atoms with Crippen molar-refractivity contribution in [2.45, 2.75) is 6.92 Å². The Kier molecular flexibility index (Phi) is 3.74. The Bertz CT molecular complexity index is 464. The molecule has 0 bridgehead atoms. The van der Waals surface area contributed by atoms with Crippen molar-refractivity contribution in [1.82, 2.24) is 4.98 Å². The van der Waals surface area contributed by atoms with Crippen LogP contribution in [0.1, 0.15) is 12.5 Å². The van der Waals surface area contributed by atoms with E-state index < -0.39 is 0 Å². The average Bonchev–Trinajstić information content (AvgIpc) is 2.61. The van der Waals surface area contributed by atoms with E-state index in [0.29, 0.717) is 6.61 Å². The summed E-state index contributed by atoms with van der Waals surface area (Å²) in [6.45, 7) is 2.40. The maximum absolute atomic E-state index is 7.69. The van der Waals surface area contributed by atoms with E-state index in [0.717, 1.165) is 16.5 Å². The number of hydrogen-bond donors (Lipinski definition) is 2. The Labute approximate surface area is 94.4 Å². The van der Waals surface area contributed by atoms with Crippen molar-refractivity contribution in [3.8, 4) is 0 Å². The Morgan fingerprint density at radius 3 is 2.87 bits per heavy atom. The summed E-state index contributed by atoms with van der Waals surface area (Å²) in [5.74, 6) is 0.227. The van der Waals surface area contributed by atoms with Gasteiger partial charge in [-0.05, 0) is 13.0 Å². The van der Waals surface area contributed by atoms with Crippen molar-refractivity contribution >= 4 is 29.2 Å². The molecule has 0 saturated heterocycles. The molecule has 1 aromatic carbocycles. The Hall–Kier alpha value is -1.48. The summed E-state index contributed by atoms with van der Waals surface area (Å²) in [6, 6.07) is 7.89. The molecule has 0 radical (unpaired) electrons. The average molecular weight is 225 g/mol. The molecule has 0 aliphatic rings. The third-order valence-corrected chi connectivity index (χ3v) is 2.12. The zero-order chi connectivity index (χ0) is 9.97. The van der Waals surface area contributed by atoms with E-state index in [1.165, 1.54) is 0 Å². The fourth-order valence-corrected chi connectivity index (χ4v) is 1.48.